The summed E-state index contributed by atoms with van der Waals surface area (Å²) in [5.41, 5.74) is 5.58. The number of rotatable bonds is 2. The van der Waals surface area contributed by atoms with Gasteiger partial charge in [0.05, 0.1) is 7.11 Å². The van der Waals surface area contributed by atoms with Crippen molar-refractivity contribution < 1.29 is 9.53 Å². The summed E-state index contributed by atoms with van der Waals surface area (Å²) in [4.78, 5) is 17.3. The van der Waals surface area contributed by atoms with Crippen molar-refractivity contribution in [2.24, 2.45) is 5.73 Å². The highest BCUT2D eigenvalue weighted by molar-refractivity contribution is 5.80. The van der Waals surface area contributed by atoms with Crippen molar-refractivity contribution in [1.29, 1.82) is 0 Å². The van der Waals surface area contributed by atoms with Gasteiger partial charge < -0.3 is 10.5 Å². The first-order valence-corrected chi connectivity index (χ1v) is 8.40. The van der Waals surface area contributed by atoms with Gasteiger partial charge in [0.1, 0.15) is 5.54 Å². The number of methoxy groups -OCH3 is 1. The zero-order valence-corrected chi connectivity index (χ0v) is 13.4. The largest absolute Gasteiger partial charge is 0.468 e. The van der Waals surface area contributed by atoms with E-state index in [1.54, 1.807) is 0 Å². The van der Waals surface area contributed by atoms with Gasteiger partial charge in [0.2, 0.25) is 0 Å². The van der Waals surface area contributed by atoms with Crippen molar-refractivity contribution in [3.05, 3.63) is 0 Å². The molecule has 2 aliphatic heterocycles. The summed E-state index contributed by atoms with van der Waals surface area (Å²) in [5, 5.41) is 0. The minimum atomic E-state index is -0.774. The summed E-state index contributed by atoms with van der Waals surface area (Å²) in [6.45, 7) is 5.88. The molecule has 0 aromatic rings. The van der Waals surface area contributed by atoms with Crippen LogP contribution in [0.3, 0.4) is 0 Å². The maximum Gasteiger partial charge on any atom is 0.325 e. The Morgan fingerprint density at radius 3 is 2.76 bits per heavy atom. The van der Waals surface area contributed by atoms with Crippen LogP contribution in [0.2, 0.25) is 0 Å². The molecule has 4 atom stereocenters. The van der Waals surface area contributed by atoms with Crippen LogP contribution in [0.1, 0.15) is 45.4 Å². The molecule has 0 aromatic heterocycles. The average molecular weight is 295 g/mol. The molecule has 1 saturated carbocycles. The zero-order valence-electron chi connectivity index (χ0n) is 13.4. The number of carbonyl (C=O) groups excluding carboxylic acids is 1. The fourth-order valence-electron chi connectivity index (χ4n) is 4.67. The van der Waals surface area contributed by atoms with E-state index in [0.717, 1.165) is 38.8 Å². The Labute approximate surface area is 127 Å². The van der Waals surface area contributed by atoms with E-state index in [4.69, 9.17) is 10.5 Å². The summed E-state index contributed by atoms with van der Waals surface area (Å²) in [6, 6.07) is 1.71. The highest BCUT2D eigenvalue weighted by atomic mass is 16.5. The Hall–Kier alpha value is -0.650. The van der Waals surface area contributed by atoms with Crippen LogP contribution in [0.4, 0.5) is 0 Å². The van der Waals surface area contributed by atoms with Crippen molar-refractivity contribution in [3.8, 4) is 0 Å². The molecule has 2 saturated heterocycles. The molecule has 0 amide bonds. The van der Waals surface area contributed by atoms with E-state index in [1.807, 2.05) is 0 Å². The molecule has 0 spiro atoms. The predicted octanol–water partition coefficient (Wildman–Crippen LogP) is 0.968. The lowest BCUT2D eigenvalue weighted by Crippen LogP contribution is -2.62. The van der Waals surface area contributed by atoms with Crippen molar-refractivity contribution in [3.63, 3.8) is 0 Å². The second kappa shape index (κ2) is 5.86. The molecule has 5 heteroatoms. The number of hydrogen-bond donors (Lipinski definition) is 1. The van der Waals surface area contributed by atoms with E-state index in [2.05, 4.69) is 16.7 Å². The first-order chi connectivity index (χ1) is 10.0. The molecule has 0 radical (unpaired) electrons. The van der Waals surface area contributed by atoms with Gasteiger partial charge in [0, 0.05) is 31.2 Å². The van der Waals surface area contributed by atoms with E-state index in [9.17, 15) is 4.79 Å². The van der Waals surface area contributed by atoms with Crippen molar-refractivity contribution >= 4 is 5.97 Å². The molecule has 3 fully saturated rings. The van der Waals surface area contributed by atoms with Gasteiger partial charge in [-0.1, -0.05) is 0 Å². The normalized spacial score (nSPS) is 41.8. The fraction of sp³-hybridized carbons (Fsp3) is 0.938. The maximum atomic E-state index is 12.0. The standard InChI is InChI=1S/C16H29N3O2/c1-12-10-18-8-4-6-14(18)11-19(12)13-5-3-7-16(17,9-13)15(20)21-2/h12-14H,3-11,17H2,1-2H3. The molecule has 0 aromatic carbocycles. The van der Waals surface area contributed by atoms with Gasteiger partial charge in [-0.15, -0.1) is 0 Å². The Bertz CT molecular complexity index is 403. The van der Waals surface area contributed by atoms with Crippen LogP contribution in [0.25, 0.3) is 0 Å². The number of esters is 1. The third-order valence-corrected chi connectivity index (χ3v) is 5.81. The van der Waals surface area contributed by atoms with Crippen molar-refractivity contribution in [2.45, 2.75) is 69.1 Å². The Kier molecular flexibility index (Phi) is 4.26. The molecule has 4 unspecified atom stereocenters. The molecule has 3 rings (SSSR count). The molecule has 21 heavy (non-hydrogen) atoms. The molecule has 2 N–H and O–H groups in total. The summed E-state index contributed by atoms with van der Waals surface area (Å²) >= 11 is 0. The number of fused-ring (bicyclic) bond motifs is 1. The van der Waals surface area contributed by atoms with Crippen LogP contribution < -0.4 is 5.73 Å². The summed E-state index contributed by atoms with van der Waals surface area (Å²) in [5.74, 6) is -0.237. The number of carbonyl (C=O) groups is 1. The van der Waals surface area contributed by atoms with Crippen LogP contribution in [-0.4, -0.2) is 66.2 Å². The highest BCUT2D eigenvalue weighted by Crippen LogP contribution is 2.34. The van der Waals surface area contributed by atoms with Crippen LogP contribution in [0, 0.1) is 0 Å². The molecule has 3 aliphatic rings. The molecular formula is C16H29N3O2. The third-order valence-electron chi connectivity index (χ3n) is 5.81. The molecule has 5 nitrogen and oxygen atoms in total. The van der Waals surface area contributed by atoms with E-state index in [-0.39, 0.29) is 5.97 Å². The topological polar surface area (TPSA) is 58.8 Å². The van der Waals surface area contributed by atoms with Gasteiger partial charge in [-0.25, -0.2) is 0 Å². The van der Waals surface area contributed by atoms with Crippen LogP contribution in [0.5, 0.6) is 0 Å². The minimum absolute atomic E-state index is 0.237. The smallest absolute Gasteiger partial charge is 0.325 e. The van der Waals surface area contributed by atoms with Gasteiger partial charge in [0.15, 0.2) is 0 Å². The lowest BCUT2D eigenvalue weighted by atomic mass is 9.78. The Balaban J connectivity index is 1.69. The number of piperazine rings is 1. The number of nitrogens with two attached hydrogens (primary N) is 1. The first-order valence-electron chi connectivity index (χ1n) is 8.40. The van der Waals surface area contributed by atoms with Crippen molar-refractivity contribution in [2.75, 3.05) is 26.7 Å². The Morgan fingerprint density at radius 1 is 1.24 bits per heavy atom. The van der Waals surface area contributed by atoms with E-state index >= 15 is 0 Å². The molecule has 2 heterocycles. The predicted molar refractivity (Wildman–Crippen MR) is 82.0 cm³/mol. The Morgan fingerprint density at radius 2 is 2.00 bits per heavy atom. The van der Waals surface area contributed by atoms with Gasteiger partial charge in [-0.3, -0.25) is 14.6 Å². The minimum Gasteiger partial charge on any atom is -0.468 e. The lowest BCUT2D eigenvalue weighted by Gasteiger charge is -2.49. The van der Waals surface area contributed by atoms with Gasteiger partial charge >= 0.3 is 5.97 Å². The van der Waals surface area contributed by atoms with E-state index < -0.39 is 5.54 Å². The number of hydrogen-bond acceptors (Lipinski definition) is 5. The van der Waals surface area contributed by atoms with Gasteiger partial charge in [0.25, 0.3) is 0 Å². The van der Waals surface area contributed by atoms with Gasteiger partial charge in [-0.2, -0.15) is 0 Å². The average Bonchev–Trinajstić information content (AvgIpc) is 2.92. The number of nitrogens with zero attached hydrogens (tertiary/aromatic N) is 2. The van der Waals surface area contributed by atoms with Crippen LogP contribution >= 0.6 is 0 Å². The highest BCUT2D eigenvalue weighted by Gasteiger charge is 2.45. The second-order valence-electron chi connectivity index (χ2n) is 7.23. The lowest BCUT2D eigenvalue weighted by molar-refractivity contribution is -0.149. The third kappa shape index (κ3) is 2.83. The fourth-order valence-corrected chi connectivity index (χ4v) is 4.67. The quantitative estimate of drug-likeness (QED) is 0.769. The summed E-state index contributed by atoms with van der Waals surface area (Å²) in [7, 11) is 1.44. The van der Waals surface area contributed by atoms with Gasteiger partial charge in [-0.05, 0) is 52.0 Å². The molecular weight excluding hydrogens is 266 g/mol. The summed E-state index contributed by atoms with van der Waals surface area (Å²) in [6.07, 6.45) is 6.34. The van der Waals surface area contributed by atoms with E-state index in [1.165, 1.54) is 26.5 Å². The first kappa shape index (κ1) is 15.3. The van der Waals surface area contributed by atoms with Crippen LogP contribution in [0.15, 0.2) is 0 Å². The SMILES string of the molecule is COC(=O)C1(N)CCCC(N2CC3CCCN3CC2C)C1. The molecule has 0 bridgehead atoms. The van der Waals surface area contributed by atoms with Crippen LogP contribution in [-0.2, 0) is 9.53 Å². The maximum absolute atomic E-state index is 12.0. The number of ether oxygens (including phenoxy) is 1. The summed E-state index contributed by atoms with van der Waals surface area (Å²) < 4.78 is 4.93. The molecule has 1 aliphatic carbocycles. The van der Waals surface area contributed by atoms with Crippen molar-refractivity contribution in [1.82, 2.24) is 9.80 Å². The molecule has 120 valence electrons. The monoisotopic (exact) mass is 295 g/mol. The van der Waals surface area contributed by atoms with E-state index in [0.29, 0.717) is 18.1 Å². The second-order valence-corrected chi connectivity index (χ2v) is 7.23. The zero-order chi connectivity index (χ0) is 15.0.